The van der Waals surface area contributed by atoms with Crippen LogP contribution in [0.5, 0.6) is 0 Å². The first-order valence-electron chi connectivity index (χ1n) is 13.6. The highest BCUT2D eigenvalue weighted by molar-refractivity contribution is 7.21. The van der Waals surface area contributed by atoms with E-state index in [0.29, 0.717) is 0 Å². The van der Waals surface area contributed by atoms with Crippen LogP contribution in [0.25, 0.3) is 48.3 Å². The summed E-state index contributed by atoms with van der Waals surface area (Å²) in [5, 5.41) is 3.46. The molecule has 3 aromatic heterocycles. The van der Waals surface area contributed by atoms with E-state index in [4.69, 9.17) is 4.98 Å². The first kappa shape index (κ1) is 23.6. The van der Waals surface area contributed by atoms with Gasteiger partial charge in [0.05, 0.1) is 21.9 Å². The molecule has 8 rings (SSSR count). The molecule has 4 nitrogen and oxygen atoms in total. The van der Waals surface area contributed by atoms with Crippen molar-refractivity contribution < 1.29 is 0 Å². The number of fused-ring (bicyclic) bond motifs is 4. The molecule has 3 heterocycles. The number of nitrogens with zero attached hydrogens (tertiary/aromatic N) is 4. The lowest BCUT2D eigenvalue weighted by Gasteiger charge is -2.25. The zero-order chi connectivity index (χ0) is 27.2. The second kappa shape index (κ2) is 9.73. The van der Waals surface area contributed by atoms with Gasteiger partial charge in [0.1, 0.15) is 10.5 Å². The lowest BCUT2D eigenvalue weighted by Crippen LogP contribution is -2.09. The molecule has 0 atom stereocenters. The van der Waals surface area contributed by atoms with Crippen molar-refractivity contribution in [2.24, 2.45) is 0 Å². The SMILES string of the molecule is c1ccc(N(c2ccccc2)c2ccc3c(c2)c2ccccc2n3-c2ccc(-c3nc4cnccc4s3)cc2)cc1. The van der Waals surface area contributed by atoms with E-state index in [2.05, 4.69) is 142 Å². The number of pyridine rings is 1. The summed E-state index contributed by atoms with van der Waals surface area (Å²) in [5.41, 5.74) is 8.91. The Morgan fingerprint density at radius 2 is 1.27 bits per heavy atom. The van der Waals surface area contributed by atoms with E-state index >= 15 is 0 Å². The second-order valence-electron chi connectivity index (χ2n) is 9.97. The summed E-state index contributed by atoms with van der Waals surface area (Å²) < 4.78 is 3.51. The van der Waals surface area contributed by atoms with Gasteiger partial charge in [0, 0.05) is 45.3 Å². The minimum Gasteiger partial charge on any atom is -0.310 e. The summed E-state index contributed by atoms with van der Waals surface area (Å²) in [6, 6.07) is 47.3. The summed E-state index contributed by atoms with van der Waals surface area (Å²) in [5.74, 6) is 0. The smallest absolute Gasteiger partial charge is 0.124 e. The Hall–Kier alpha value is -5.26. The lowest BCUT2D eigenvalue weighted by molar-refractivity contribution is 1.18. The van der Waals surface area contributed by atoms with Crippen molar-refractivity contribution in [1.29, 1.82) is 0 Å². The van der Waals surface area contributed by atoms with Crippen LogP contribution < -0.4 is 4.90 Å². The molecule has 0 saturated carbocycles. The fourth-order valence-corrected chi connectivity index (χ4v) is 6.57. The predicted molar refractivity (Wildman–Crippen MR) is 172 cm³/mol. The number of aromatic nitrogens is 3. The second-order valence-corrected chi connectivity index (χ2v) is 11.0. The molecular weight excluding hydrogens is 520 g/mol. The van der Waals surface area contributed by atoms with Gasteiger partial charge >= 0.3 is 0 Å². The van der Waals surface area contributed by atoms with Gasteiger partial charge in [-0.2, -0.15) is 0 Å². The molecule has 0 aliphatic heterocycles. The normalized spacial score (nSPS) is 11.4. The maximum Gasteiger partial charge on any atom is 0.124 e. The largest absolute Gasteiger partial charge is 0.310 e. The Balaban J connectivity index is 1.27. The van der Waals surface area contributed by atoms with Crippen LogP contribution in [0.1, 0.15) is 0 Å². The Labute approximate surface area is 241 Å². The number of para-hydroxylation sites is 3. The lowest BCUT2D eigenvalue weighted by atomic mass is 10.1. The molecule has 0 aliphatic carbocycles. The zero-order valence-electron chi connectivity index (χ0n) is 22.1. The van der Waals surface area contributed by atoms with Gasteiger partial charge in [0.2, 0.25) is 0 Å². The predicted octanol–water partition coefficient (Wildman–Crippen LogP) is 9.93. The number of hydrogen-bond donors (Lipinski definition) is 0. The topological polar surface area (TPSA) is 34.0 Å². The van der Waals surface area contributed by atoms with E-state index in [1.54, 1.807) is 11.3 Å². The van der Waals surface area contributed by atoms with Crippen molar-refractivity contribution in [3.63, 3.8) is 0 Å². The first-order valence-corrected chi connectivity index (χ1v) is 14.4. The average Bonchev–Trinajstić information content (AvgIpc) is 3.62. The summed E-state index contributed by atoms with van der Waals surface area (Å²) in [6.07, 6.45) is 3.65. The van der Waals surface area contributed by atoms with Gasteiger partial charge in [-0.3, -0.25) is 4.98 Å². The highest BCUT2D eigenvalue weighted by Gasteiger charge is 2.17. The van der Waals surface area contributed by atoms with Crippen LogP contribution in [-0.2, 0) is 0 Å². The quantitative estimate of drug-likeness (QED) is 0.216. The molecule has 0 radical (unpaired) electrons. The molecule has 0 spiro atoms. The number of thiazole rings is 1. The van der Waals surface area contributed by atoms with Gasteiger partial charge < -0.3 is 9.47 Å². The molecule has 0 bridgehead atoms. The van der Waals surface area contributed by atoms with Crippen molar-refractivity contribution in [3.8, 4) is 16.3 Å². The molecular formula is C36H24N4S. The molecule has 5 heteroatoms. The Bertz CT molecular complexity index is 2070. The van der Waals surface area contributed by atoms with Crippen molar-refractivity contribution in [1.82, 2.24) is 14.5 Å². The number of anilines is 3. The van der Waals surface area contributed by atoms with Crippen molar-refractivity contribution in [3.05, 3.63) is 146 Å². The van der Waals surface area contributed by atoms with Crippen molar-refractivity contribution in [2.45, 2.75) is 0 Å². The fraction of sp³-hybridized carbons (Fsp3) is 0. The molecule has 0 N–H and O–H groups in total. The van der Waals surface area contributed by atoms with Crippen LogP contribution in [-0.4, -0.2) is 14.5 Å². The van der Waals surface area contributed by atoms with E-state index in [1.165, 1.54) is 21.8 Å². The standard InChI is InChI=1S/C36H24N4S/c1-3-9-26(10-4-1)39(27-11-5-2-6-12-27)29-19-20-34-31(23-29)30-13-7-8-14-33(30)40(34)28-17-15-25(16-18-28)36-38-32-24-37-22-21-35(32)41-36/h1-24H. The maximum absolute atomic E-state index is 4.80. The minimum absolute atomic E-state index is 0.940. The maximum atomic E-state index is 4.80. The Morgan fingerprint density at radius 1 is 0.585 bits per heavy atom. The van der Waals surface area contributed by atoms with Gasteiger partial charge in [0.25, 0.3) is 0 Å². The molecule has 5 aromatic carbocycles. The molecule has 0 unspecified atom stereocenters. The molecule has 0 fully saturated rings. The van der Waals surface area contributed by atoms with E-state index < -0.39 is 0 Å². The van der Waals surface area contributed by atoms with Gasteiger partial charge in [-0.1, -0.05) is 54.6 Å². The van der Waals surface area contributed by atoms with E-state index in [0.717, 1.165) is 43.5 Å². The summed E-state index contributed by atoms with van der Waals surface area (Å²) in [4.78, 5) is 11.3. The van der Waals surface area contributed by atoms with Crippen LogP contribution in [0.4, 0.5) is 17.1 Å². The molecule has 8 aromatic rings. The number of rotatable bonds is 5. The number of hydrogen-bond acceptors (Lipinski definition) is 4. The Morgan fingerprint density at radius 3 is 2.00 bits per heavy atom. The van der Waals surface area contributed by atoms with Gasteiger partial charge in [-0.25, -0.2) is 4.98 Å². The average molecular weight is 545 g/mol. The third-order valence-corrected chi connectivity index (χ3v) is 8.59. The van der Waals surface area contributed by atoms with Crippen LogP contribution >= 0.6 is 11.3 Å². The molecule has 0 aliphatic rings. The highest BCUT2D eigenvalue weighted by atomic mass is 32.1. The molecule has 194 valence electrons. The van der Waals surface area contributed by atoms with E-state index in [9.17, 15) is 0 Å². The fourth-order valence-electron chi connectivity index (χ4n) is 5.64. The number of benzene rings is 5. The zero-order valence-corrected chi connectivity index (χ0v) is 22.9. The Kier molecular flexibility index (Phi) is 5.61. The highest BCUT2D eigenvalue weighted by Crippen LogP contribution is 2.39. The van der Waals surface area contributed by atoms with Crippen molar-refractivity contribution in [2.75, 3.05) is 4.90 Å². The van der Waals surface area contributed by atoms with Crippen LogP contribution in [0.15, 0.2) is 146 Å². The summed E-state index contributed by atoms with van der Waals surface area (Å²) >= 11 is 1.70. The van der Waals surface area contributed by atoms with Crippen LogP contribution in [0, 0.1) is 0 Å². The van der Waals surface area contributed by atoms with Gasteiger partial charge in [-0.05, 0) is 78.9 Å². The molecule has 0 amide bonds. The minimum atomic E-state index is 0.940. The van der Waals surface area contributed by atoms with E-state index in [1.807, 2.05) is 18.5 Å². The third kappa shape index (κ3) is 4.06. The monoisotopic (exact) mass is 544 g/mol. The summed E-state index contributed by atoms with van der Waals surface area (Å²) in [6.45, 7) is 0. The van der Waals surface area contributed by atoms with Crippen LogP contribution in [0.2, 0.25) is 0 Å². The first-order chi connectivity index (χ1) is 20.3. The van der Waals surface area contributed by atoms with Gasteiger partial charge in [0.15, 0.2) is 0 Å². The van der Waals surface area contributed by atoms with Crippen LogP contribution in [0.3, 0.4) is 0 Å². The van der Waals surface area contributed by atoms with E-state index in [-0.39, 0.29) is 0 Å². The summed E-state index contributed by atoms with van der Waals surface area (Å²) in [7, 11) is 0. The van der Waals surface area contributed by atoms with Gasteiger partial charge in [-0.15, -0.1) is 11.3 Å². The third-order valence-electron chi connectivity index (χ3n) is 7.51. The van der Waals surface area contributed by atoms with Crippen molar-refractivity contribution >= 4 is 60.4 Å². The molecule has 41 heavy (non-hydrogen) atoms. The molecule has 0 saturated heterocycles.